The molecule has 122 valence electrons. The van der Waals surface area contributed by atoms with Crippen LogP contribution in [-0.4, -0.2) is 27.5 Å². The summed E-state index contributed by atoms with van der Waals surface area (Å²) in [6.45, 7) is 5.67. The molecule has 0 amide bonds. The molecule has 0 spiro atoms. The van der Waals surface area contributed by atoms with Gasteiger partial charge >= 0.3 is 0 Å². The van der Waals surface area contributed by atoms with Crippen LogP contribution in [0.2, 0.25) is 0 Å². The number of aromatic nitrogens is 3. The van der Waals surface area contributed by atoms with Crippen LogP contribution in [0.4, 0.5) is 5.82 Å². The van der Waals surface area contributed by atoms with Crippen molar-refractivity contribution < 1.29 is 0 Å². The molecule has 1 fully saturated rings. The molecule has 4 heteroatoms. The first-order valence-corrected chi connectivity index (χ1v) is 8.66. The molecule has 3 heterocycles. The topological polar surface area (TPSA) is 41.9 Å². The number of hydrogen-bond donors (Lipinski definition) is 0. The number of nitrogens with zero attached hydrogens (tertiary/aromatic N) is 4. The molecule has 1 saturated heterocycles. The van der Waals surface area contributed by atoms with Gasteiger partial charge < -0.3 is 4.90 Å². The van der Waals surface area contributed by atoms with Crippen LogP contribution in [-0.2, 0) is 0 Å². The van der Waals surface area contributed by atoms with E-state index in [0.717, 1.165) is 34.7 Å². The van der Waals surface area contributed by atoms with Crippen molar-refractivity contribution >= 4 is 16.7 Å². The molecule has 0 aliphatic carbocycles. The fourth-order valence-electron chi connectivity index (χ4n) is 3.49. The highest BCUT2D eigenvalue weighted by molar-refractivity contribution is 5.91. The molecule has 1 aliphatic rings. The smallest absolute Gasteiger partial charge is 0.163 e. The highest BCUT2D eigenvalue weighted by Gasteiger charge is 2.26. The summed E-state index contributed by atoms with van der Waals surface area (Å²) >= 11 is 0. The molecule has 0 radical (unpaired) electrons. The Labute approximate surface area is 142 Å². The van der Waals surface area contributed by atoms with Gasteiger partial charge in [-0.25, -0.2) is 9.97 Å². The summed E-state index contributed by atoms with van der Waals surface area (Å²) in [5, 5.41) is 1.13. The third-order valence-corrected chi connectivity index (χ3v) is 4.89. The molecule has 24 heavy (non-hydrogen) atoms. The average molecular weight is 318 g/mol. The predicted octanol–water partition coefficient (Wildman–Crippen LogP) is 4.32. The zero-order valence-corrected chi connectivity index (χ0v) is 14.2. The quantitative estimate of drug-likeness (QED) is 0.706. The molecule has 2 atom stereocenters. The summed E-state index contributed by atoms with van der Waals surface area (Å²) in [7, 11) is 0. The van der Waals surface area contributed by atoms with Gasteiger partial charge in [-0.2, -0.15) is 0 Å². The van der Waals surface area contributed by atoms with Gasteiger partial charge in [0.1, 0.15) is 5.82 Å². The Bertz CT molecular complexity index is 847. The second-order valence-electron chi connectivity index (χ2n) is 6.81. The van der Waals surface area contributed by atoms with E-state index in [0.29, 0.717) is 12.0 Å². The van der Waals surface area contributed by atoms with Crippen LogP contribution in [0.25, 0.3) is 22.3 Å². The first kappa shape index (κ1) is 15.1. The Balaban J connectivity index is 1.89. The molecule has 4 rings (SSSR count). The van der Waals surface area contributed by atoms with Crippen molar-refractivity contribution in [3.8, 4) is 11.4 Å². The van der Waals surface area contributed by atoms with E-state index in [1.807, 2.05) is 24.4 Å². The average Bonchev–Trinajstić information content (AvgIpc) is 2.63. The Morgan fingerprint density at radius 1 is 1.00 bits per heavy atom. The van der Waals surface area contributed by atoms with Crippen molar-refractivity contribution in [2.45, 2.75) is 32.7 Å². The van der Waals surface area contributed by atoms with Crippen molar-refractivity contribution in [3.05, 3.63) is 48.8 Å². The SMILES string of the molecule is CC1CCC(C)N(c2nc(-c3cccnc3)nc3ccccc23)C1. The second kappa shape index (κ2) is 6.19. The maximum absolute atomic E-state index is 4.95. The number of pyridine rings is 1. The predicted molar refractivity (Wildman–Crippen MR) is 98.0 cm³/mol. The third kappa shape index (κ3) is 2.73. The molecule has 1 aromatic carbocycles. The highest BCUT2D eigenvalue weighted by Crippen LogP contribution is 2.32. The molecule has 0 bridgehead atoms. The van der Waals surface area contributed by atoms with E-state index < -0.39 is 0 Å². The van der Waals surface area contributed by atoms with E-state index in [4.69, 9.17) is 9.97 Å². The molecule has 0 saturated carbocycles. The number of fused-ring (bicyclic) bond motifs is 1. The van der Waals surface area contributed by atoms with Gasteiger partial charge in [0.05, 0.1) is 5.52 Å². The minimum Gasteiger partial charge on any atom is -0.353 e. The first-order chi connectivity index (χ1) is 11.7. The lowest BCUT2D eigenvalue weighted by Crippen LogP contribution is -2.41. The van der Waals surface area contributed by atoms with Crippen molar-refractivity contribution in [1.82, 2.24) is 15.0 Å². The summed E-state index contributed by atoms with van der Waals surface area (Å²) < 4.78 is 0. The Hall–Kier alpha value is -2.49. The molecule has 0 N–H and O–H groups in total. The van der Waals surface area contributed by atoms with Crippen LogP contribution >= 0.6 is 0 Å². The fourth-order valence-corrected chi connectivity index (χ4v) is 3.49. The summed E-state index contributed by atoms with van der Waals surface area (Å²) in [4.78, 5) is 16.4. The van der Waals surface area contributed by atoms with E-state index in [-0.39, 0.29) is 0 Å². The molecule has 2 aromatic heterocycles. The number of rotatable bonds is 2. The number of para-hydroxylation sites is 1. The minimum atomic E-state index is 0.501. The maximum Gasteiger partial charge on any atom is 0.163 e. The zero-order valence-electron chi connectivity index (χ0n) is 14.2. The van der Waals surface area contributed by atoms with Crippen molar-refractivity contribution in [2.24, 2.45) is 5.92 Å². The van der Waals surface area contributed by atoms with Gasteiger partial charge in [0.15, 0.2) is 5.82 Å². The number of piperidine rings is 1. The Morgan fingerprint density at radius 2 is 1.88 bits per heavy atom. The molecule has 4 nitrogen and oxygen atoms in total. The molecular weight excluding hydrogens is 296 g/mol. The van der Waals surface area contributed by atoms with Gasteiger partial charge in [-0.3, -0.25) is 4.98 Å². The fraction of sp³-hybridized carbons (Fsp3) is 0.350. The lowest BCUT2D eigenvalue weighted by atomic mass is 9.95. The van der Waals surface area contributed by atoms with Crippen molar-refractivity contribution in [1.29, 1.82) is 0 Å². The summed E-state index contributed by atoms with van der Waals surface area (Å²) in [6.07, 6.45) is 6.11. The molecule has 3 aromatic rings. The Morgan fingerprint density at radius 3 is 2.71 bits per heavy atom. The van der Waals surface area contributed by atoms with E-state index in [9.17, 15) is 0 Å². The first-order valence-electron chi connectivity index (χ1n) is 8.66. The van der Waals surface area contributed by atoms with Crippen molar-refractivity contribution in [3.63, 3.8) is 0 Å². The zero-order chi connectivity index (χ0) is 16.5. The number of hydrogen-bond acceptors (Lipinski definition) is 4. The van der Waals surface area contributed by atoms with Crippen molar-refractivity contribution in [2.75, 3.05) is 11.4 Å². The molecular formula is C20H22N4. The maximum atomic E-state index is 4.95. The monoisotopic (exact) mass is 318 g/mol. The lowest BCUT2D eigenvalue weighted by molar-refractivity contribution is 0.389. The van der Waals surface area contributed by atoms with Gasteiger partial charge in [-0.05, 0) is 49.9 Å². The second-order valence-corrected chi connectivity index (χ2v) is 6.81. The van der Waals surface area contributed by atoms with Crippen LogP contribution in [0.3, 0.4) is 0 Å². The van der Waals surface area contributed by atoms with E-state index in [2.05, 4.69) is 41.9 Å². The normalized spacial score (nSPS) is 21.2. The molecule has 2 unspecified atom stereocenters. The van der Waals surface area contributed by atoms with Gasteiger partial charge in [0.25, 0.3) is 0 Å². The standard InChI is InChI=1S/C20H22N4/c1-14-9-10-15(2)24(13-14)20-17-7-3-4-8-18(17)22-19(23-20)16-6-5-11-21-12-16/h3-8,11-12,14-15H,9-10,13H2,1-2H3. The van der Waals surface area contributed by atoms with Gasteiger partial charge in [0.2, 0.25) is 0 Å². The van der Waals surface area contributed by atoms with Gasteiger partial charge in [-0.1, -0.05) is 19.1 Å². The molecule has 1 aliphatic heterocycles. The Kier molecular flexibility index (Phi) is 3.89. The minimum absolute atomic E-state index is 0.501. The van der Waals surface area contributed by atoms with E-state index in [1.165, 1.54) is 12.8 Å². The lowest BCUT2D eigenvalue weighted by Gasteiger charge is -2.38. The van der Waals surface area contributed by atoms with Crippen LogP contribution in [0.5, 0.6) is 0 Å². The third-order valence-electron chi connectivity index (χ3n) is 4.89. The number of anilines is 1. The summed E-state index contributed by atoms with van der Waals surface area (Å²) in [5.74, 6) is 2.50. The largest absolute Gasteiger partial charge is 0.353 e. The van der Waals surface area contributed by atoms with Gasteiger partial charge in [-0.15, -0.1) is 0 Å². The van der Waals surface area contributed by atoms with E-state index in [1.54, 1.807) is 6.20 Å². The summed E-state index contributed by atoms with van der Waals surface area (Å²) in [6, 6.07) is 12.7. The summed E-state index contributed by atoms with van der Waals surface area (Å²) in [5.41, 5.74) is 1.95. The van der Waals surface area contributed by atoms with Crippen LogP contribution in [0.1, 0.15) is 26.7 Å². The van der Waals surface area contributed by atoms with Crippen LogP contribution < -0.4 is 4.90 Å². The van der Waals surface area contributed by atoms with Gasteiger partial charge in [0, 0.05) is 35.9 Å². The van der Waals surface area contributed by atoms with Crippen LogP contribution in [0.15, 0.2) is 48.8 Å². The van der Waals surface area contributed by atoms with E-state index >= 15 is 0 Å². The van der Waals surface area contributed by atoms with Crippen LogP contribution in [0, 0.1) is 5.92 Å². The number of benzene rings is 1. The highest BCUT2D eigenvalue weighted by atomic mass is 15.2.